The molecule has 0 amide bonds. The van der Waals surface area contributed by atoms with Crippen molar-refractivity contribution in [2.45, 2.75) is 6.61 Å². The average molecular weight is 377 g/mol. The molecule has 0 aliphatic heterocycles. The van der Waals surface area contributed by atoms with Gasteiger partial charge in [-0.05, 0) is 40.2 Å². The number of ether oxygens (including phenoxy) is 1. The highest BCUT2D eigenvalue weighted by Crippen LogP contribution is 2.31. The molecule has 0 aromatic heterocycles. The Labute approximate surface area is 133 Å². The molecule has 0 saturated carbocycles. The van der Waals surface area contributed by atoms with E-state index in [2.05, 4.69) is 15.9 Å². The first-order chi connectivity index (χ1) is 9.47. The summed E-state index contributed by atoms with van der Waals surface area (Å²) in [5.41, 5.74) is 0.665. The highest BCUT2D eigenvalue weighted by atomic mass is 79.9. The number of non-ortho nitro benzene ring substituents is 1. The smallest absolute Gasteiger partial charge is 0.273 e. The average Bonchev–Trinajstić information content (AvgIpc) is 2.41. The van der Waals surface area contributed by atoms with Crippen LogP contribution in [0.5, 0.6) is 5.75 Å². The molecule has 0 radical (unpaired) electrons. The molecule has 2 rings (SSSR count). The van der Waals surface area contributed by atoms with Gasteiger partial charge < -0.3 is 4.74 Å². The predicted molar refractivity (Wildman–Crippen MR) is 81.6 cm³/mol. The zero-order valence-corrected chi connectivity index (χ0v) is 13.1. The van der Waals surface area contributed by atoms with Crippen LogP contribution in [0.1, 0.15) is 5.56 Å². The summed E-state index contributed by atoms with van der Waals surface area (Å²) in [6.07, 6.45) is 0. The molecule has 20 heavy (non-hydrogen) atoms. The van der Waals surface area contributed by atoms with Gasteiger partial charge in [0.05, 0.1) is 15.5 Å². The molecule has 0 bridgehead atoms. The van der Waals surface area contributed by atoms with E-state index in [1.54, 1.807) is 24.3 Å². The lowest BCUT2D eigenvalue weighted by Gasteiger charge is -2.09. The molecule has 0 aliphatic carbocycles. The van der Waals surface area contributed by atoms with Crippen LogP contribution in [-0.2, 0) is 6.61 Å². The third-order valence-electron chi connectivity index (χ3n) is 2.52. The van der Waals surface area contributed by atoms with Gasteiger partial charge in [-0.25, -0.2) is 0 Å². The minimum absolute atomic E-state index is 0.0413. The zero-order valence-electron chi connectivity index (χ0n) is 9.98. The van der Waals surface area contributed by atoms with E-state index in [4.69, 9.17) is 27.9 Å². The van der Waals surface area contributed by atoms with E-state index in [-0.39, 0.29) is 12.3 Å². The standard InChI is InChI=1S/C13H8BrCl2NO3/c14-11-3-2-10(17(18)19)6-13(11)20-7-8-5-9(15)1-4-12(8)16/h1-6H,7H2. The Balaban J connectivity index is 2.20. The van der Waals surface area contributed by atoms with Gasteiger partial charge in [0.1, 0.15) is 12.4 Å². The number of nitrogens with zero attached hydrogens (tertiary/aromatic N) is 1. The second-order valence-electron chi connectivity index (χ2n) is 3.90. The highest BCUT2D eigenvalue weighted by molar-refractivity contribution is 9.10. The number of nitro benzene ring substituents is 1. The van der Waals surface area contributed by atoms with Gasteiger partial charge in [0.2, 0.25) is 0 Å². The van der Waals surface area contributed by atoms with E-state index >= 15 is 0 Å². The maximum absolute atomic E-state index is 10.7. The quantitative estimate of drug-likeness (QED) is 0.541. The Morgan fingerprint density at radius 1 is 1.20 bits per heavy atom. The Bertz CT molecular complexity index is 664. The molecule has 7 heteroatoms. The fourth-order valence-corrected chi connectivity index (χ4v) is 2.25. The van der Waals surface area contributed by atoms with Gasteiger partial charge in [0, 0.05) is 21.7 Å². The van der Waals surface area contributed by atoms with Crippen LogP contribution in [0.2, 0.25) is 10.0 Å². The number of hydrogen-bond acceptors (Lipinski definition) is 3. The summed E-state index contributed by atoms with van der Waals surface area (Å²) in [4.78, 5) is 10.3. The van der Waals surface area contributed by atoms with E-state index in [9.17, 15) is 10.1 Å². The molecule has 0 N–H and O–H groups in total. The number of hydrogen-bond donors (Lipinski definition) is 0. The van der Waals surface area contributed by atoms with Gasteiger partial charge >= 0.3 is 0 Å². The monoisotopic (exact) mass is 375 g/mol. The first kappa shape index (κ1) is 15.1. The van der Waals surface area contributed by atoms with Crippen molar-refractivity contribution in [3.8, 4) is 5.75 Å². The van der Waals surface area contributed by atoms with Gasteiger partial charge in [-0.3, -0.25) is 10.1 Å². The van der Waals surface area contributed by atoms with Gasteiger partial charge in [-0.2, -0.15) is 0 Å². The second-order valence-corrected chi connectivity index (χ2v) is 5.59. The summed E-state index contributed by atoms with van der Waals surface area (Å²) >= 11 is 15.2. The van der Waals surface area contributed by atoms with Crippen LogP contribution in [0.3, 0.4) is 0 Å². The minimum atomic E-state index is -0.480. The van der Waals surface area contributed by atoms with E-state index in [0.29, 0.717) is 25.8 Å². The number of benzene rings is 2. The third kappa shape index (κ3) is 3.62. The Hall–Kier alpha value is -1.30. The van der Waals surface area contributed by atoms with Crippen LogP contribution < -0.4 is 4.74 Å². The lowest BCUT2D eigenvalue weighted by molar-refractivity contribution is -0.385. The van der Waals surface area contributed by atoms with E-state index in [1.165, 1.54) is 12.1 Å². The maximum atomic E-state index is 10.7. The van der Waals surface area contributed by atoms with Crippen molar-refractivity contribution in [1.29, 1.82) is 0 Å². The molecular formula is C13H8BrCl2NO3. The van der Waals surface area contributed by atoms with Crippen LogP contribution in [0.25, 0.3) is 0 Å². The fourth-order valence-electron chi connectivity index (χ4n) is 1.53. The van der Waals surface area contributed by atoms with Crippen molar-refractivity contribution in [3.63, 3.8) is 0 Å². The molecule has 0 aliphatic rings. The van der Waals surface area contributed by atoms with E-state index < -0.39 is 4.92 Å². The van der Waals surface area contributed by atoms with Crippen LogP contribution in [0, 0.1) is 10.1 Å². The van der Waals surface area contributed by atoms with Gasteiger partial charge in [0.25, 0.3) is 5.69 Å². The highest BCUT2D eigenvalue weighted by Gasteiger charge is 2.11. The summed E-state index contributed by atoms with van der Waals surface area (Å²) in [7, 11) is 0. The van der Waals surface area contributed by atoms with Crippen molar-refractivity contribution in [3.05, 3.63) is 66.6 Å². The largest absolute Gasteiger partial charge is 0.487 e. The lowest BCUT2D eigenvalue weighted by Crippen LogP contribution is -1.98. The number of halogens is 3. The Morgan fingerprint density at radius 3 is 2.65 bits per heavy atom. The maximum Gasteiger partial charge on any atom is 0.273 e. The summed E-state index contributed by atoms with van der Waals surface area (Å²) in [6, 6.07) is 9.34. The first-order valence-corrected chi connectivity index (χ1v) is 7.03. The van der Waals surface area contributed by atoms with E-state index in [1.807, 2.05) is 0 Å². The summed E-state index contributed by atoms with van der Waals surface area (Å²) in [5, 5.41) is 11.8. The minimum Gasteiger partial charge on any atom is -0.487 e. The molecule has 0 heterocycles. The molecule has 2 aromatic carbocycles. The summed E-state index contributed by atoms with van der Waals surface area (Å²) in [6.45, 7) is 0.166. The molecule has 104 valence electrons. The van der Waals surface area contributed by atoms with Crippen molar-refractivity contribution in [2.24, 2.45) is 0 Å². The molecule has 2 aromatic rings. The van der Waals surface area contributed by atoms with Gasteiger partial charge in [-0.1, -0.05) is 23.2 Å². The Morgan fingerprint density at radius 2 is 1.95 bits per heavy atom. The van der Waals surface area contributed by atoms with Crippen LogP contribution >= 0.6 is 39.1 Å². The topological polar surface area (TPSA) is 52.4 Å². The number of rotatable bonds is 4. The van der Waals surface area contributed by atoms with Crippen molar-refractivity contribution >= 4 is 44.8 Å². The summed E-state index contributed by atoms with van der Waals surface area (Å²) in [5.74, 6) is 0.371. The normalized spacial score (nSPS) is 10.3. The second kappa shape index (κ2) is 6.43. The van der Waals surface area contributed by atoms with Crippen LogP contribution in [0.15, 0.2) is 40.9 Å². The lowest BCUT2D eigenvalue weighted by atomic mass is 10.2. The molecule has 0 spiro atoms. The third-order valence-corrected chi connectivity index (χ3v) is 3.78. The molecule has 0 unspecified atom stereocenters. The zero-order chi connectivity index (χ0) is 14.7. The molecule has 0 atom stereocenters. The fraction of sp³-hybridized carbons (Fsp3) is 0.0769. The van der Waals surface area contributed by atoms with Gasteiger partial charge in [-0.15, -0.1) is 0 Å². The Kier molecular flexibility index (Phi) is 4.86. The van der Waals surface area contributed by atoms with Crippen molar-refractivity contribution < 1.29 is 9.66 Å². The van der Waals surface area contributed by atoms with Crippen LogP contribution in [-0.4, -0.2) is 4.92 Å². The summed E-state index contributed by atoms with van der Waals surface area (Å²) < 4.78 is 6.18. The van der Waals surface area contributed by atoms with Crippen LogP contribution in [0.4, 0.5) is 5.69 Å². The first-order valence-electron chi connectivity index (χ1n) is 5.48. The molecule has 0 fully saturated rings. The molecular weight excluding hydrogens is 369 g/mol. The van der Waals surface area contributed by atoms with E-state index in [0.717, 1.165) is 0 Å². The van der Waals surface area contributed by atoms with Gasteiger partial charge in [0.15, 0.2) is 0 Å². The molecule has 0 saturated heterocycles. The predicted octanol–water partition coefficient (Wildman–Crippen LogP) is 5.24. The SMILES string of the molecule is O=[N+]([O-])c1ccc(Br)c(OCc2cc(Cl)ccc2Cl)c1. The van der Waals surface area contributed by atoms with Crippen molar-refractivity contribution in [1.82, 2.24) is 0 Å². The van der Waals surface area contributed by atoms with Crippen molar-refractivity contribution in [2.75, 3.05) is 0 Å². The number of nitro groups is 1. The molecule has 4 nitrogen and oxygen atoms in total.